The molecule has 0 fully saturated rings. The van der Waals surface area contributed by atoms with Crippen LogP contribution in [-0.4, -0.2) is 38.0 Å². The van der Waals surface area contributed by atoms with Gasteiger partial charge in [0.25, 0.3) is 0 Å². The summed E-state index contributed by atoms with van der Waals surface area (Å²) in [5.74, 6) is 1.60. The average molecular weight is 683 g/mol. The lowest BCUT2D eigenvalue weighted by Crippen LogP contribution is -2.44. The number of esters is 2. The van der Waals surface area contributed by atoms with Crippen molar-refractivity contribution in [3.63, 3.8) is 0 Å². The predicted octanol–water partition coefficient (Wildman–Crippen LogP) is 11.1. The lowest BCUT2D eigenvalue weighted by atomic mass is 9.61. The zero-order valence-electron chi connectivity index (χ0n) is 33.7. The molecular weight excluding hydrogens is 612 g/mol. The minimum absolute atomic E-state index is 0.0718. The Morgan fingerprint density at radius 3 is 1.78 bits per heavy atom. The molecule has 0 aliphatic rings. The molecule has 0 aliphatic heterocycles. The standard InChI is InChI=1S/C29H42O4.C14H28O2/c1-21(2)17-26(29(5,6)7)24-13-15-25(16-14-24)31-20-27(30)33-28(32-19-22(3)4)18-23-11-9-8-10-12-23;1-9-16-11(15)14(8,13(5,6)7)10-12(2,3)4/h8-16,21-22,26,28H,17-20H2,1-7H3;9-10H2,1-8H3. The van der Waals surface area contributed by atoms with Gasteiger partial charge in [0.15, 0.2) is 6.61 Å². The van der Waals surface area contributed by atoms with Gasteiger partial charge in [-0.3, -0.25) is 4.79 Å². The molecule has 0 saturated carbocycles. The highest BCUT2D eigenvalue weighted by Crippen LogP contribution is 2.47. The SMILES string of the molecule is CC(C)COC(Cc1ccccc1)OC(=O)COc1ccc(C(CC(C)C)C(C)(C)C)cc1.CCOC(=O)C(C)(CC(C)(C)C)C(C)(C)C. The highest BCUT2D eigenvalue weighted by Gasteiger charge is 2.47. The van der Waals surface area contributed by atoms with Gasteiger partial charge in [-0.15, -0.1) is 0 Å². The van der Waals surface area contributed by atoms with Crippen LogP contribution in [0.5, 0.6) is 5.75 Å². The number of hydrogen-bond acceptors (Lipinski definition) is 6. The van der Waals surface area contributed by atoms with Crippen LogP contribution in [0.3, 0.4) is 0 Å². The van der Waals surface area contributed by atoms with Crippen LogP contribution in [0.1, 0.15) is 134 Å². The van der Waals surface area contributed by atoms with E-state index < -0.39 is 17.7 Å². The zero-order valence-corrected chi connectivity index (χ0v) is 33.7. The minimum Gasteiger partial charge on any atom is -0.482 e. The van der Waals surface area contributed by atoms with Gasteiger partial charge < -0.3 is 18.9 Å². The van der Waals surface area contributed by atoms with Gasteiger partial charge in [0.2, 0.25) is 6.29 Å². The topological polar surface area (TPSA) is 71.1 Å². The fraction of sp³-hybridized carbons (Fsp3) is 0.674. The van der Waals surface area contributed by atoms with Crippen molar-refractivity contribution in [2.24, 2.45) is 33.5 Å². The van der Waals surface area contributed by atoms with Crippen molar-refractivity contribution in [3.8, 4) is 5.75 Å². The first kappa shape index (κ1) is 44.2. The van der Waals surface area contributed by atoms with Gasteiger partial charge in [-0.25, -0.2) is 4.79 Å². The second-order valence-electron chi connectivity index (χ2n) is 17.8. The van der Waals surface area contributed by atoms with Crippen LogP contribution in [0.15, 0.2) is 54.6 Å². The fourth-order valence-electron chi connectivity index (χ4n) is 5.82. The van der Waals surface area contributed by atoms with E-state index in [0.29, 0.717) is 43.1 Å². The number of hydrogen-bond donors (Lipinski definition) is 0. The quantitative estimate of drug-likeness (QED) is 0.138. The van der Waals surface area contributed by atoms with Crippen LogP contribution in [0.25, 0.3) is 0 Å². The molecule has 2 rings (SSSR count). The lowest BCUT2D eigenvalue weighted by molar-refractivity contribution is -0.182. The highest BCUT2D eigenvalue weighted by atomic mass is 16.7. The van der Waals surface area contributed by atoms with Crippen molar-refractivity contribution >= 4 is 11.9 Å². The van der Waals surface area contributed by atoms with E-state index in [4.69, 9.17) is 18.9 Å². The molecule has 2 aromatic rings. The Morgan fingerprint density at radius 1 is 0.755 bits per heavy atom. The summed E-state index contributed by atoms with van der Waals surface area (Å²) in [6.45, 7) is 33.0. The van der Waals surface area contributed by atoms with E-state index in [2.05, 4.69) is 102 Å². The van der Waals surface area contributed by atoms with Gasteiger partial charge in [-0.2, -0.15) is 0 Å². The molecule has 278 valence electrons. The summed E-state index contributed by atoms with van der Waals surface area (Å²) in [7, 11) is 0. The van der Waals surface area contributed by atoms with E-state index in [1.165, 1.54) is 5.56 Å². The Labute approximate surface area is 300 Å². The first-order valence-corrected chi connectivity index (χ1v) is 18.2. The largest absolute Gasteiger partial charge is 0.482 e. The molecule has 0 N–H and O–H groups in total. The molecule has 0 saturated heterocycles. The van der Waals surface area contributed by atoms with E-state index in [1.807, 2.05) is 56.3 Å². The van der Waals surface area contributed by atoms with E-state index in [0.717, 1.165) is 18.4 Å². The van der Waals surface area contributed by atoms with Crippen molar-refractivity contribution in [2.45, 2.75) is 135 Å². The Balaban J connectivity index is 0.000000632. The second-order valence-corrected chi connectivity index (χ2v) is 17.8. The number of carbonyl (C=O) groups excluding carboxylic acids is 2. The van der Waals surface area contributed by atoms with Gasteiger partial charge in [0.1, 0.15) is 5.75 Å². The molecule has 0 heterocycles. The van der Waals surface area contributed by atoms with Gasteiger partial charge in [0, 0.05) is 6.42 Å². The summed E-state index contributed by atoms with van der Waals surface area (Å²) in [5, 5.41) is 0. The first-order chi connectivity index (χ1) is 22.5. The normalized spacial score (nSPS) is 14.7. The molecule has 3 unspecified atom stereocenters. The van der Waals surface area contributed by atoms with Crippen LogP contribution < -0.4 is 4.74 Å². The van der Waals surface area contributed by atoms with Crippen molar-refractivity contribution in [3.05, 3.63) is 65.7 Å². The maximum Gasteiger partial charge on any atom is 0.346 e. The van der Waals surface area contributed by atoms with Crippen LogP contribution in [0, 0.1) is 33.5 Å². The van der Waals surface area contributed by atoms with Crippen LogP contribution in [-0.2, 0) is 30.2 Å². The Bertz CT molecular complexity index is 1230. The maximum absolute atomic E-state index is 12.5. The van der Waals surface area contributed by atoms with Crippen LogP contribution in [0.4, 0.5) is 0 Å². The van der Waals surface area contributed by atoms with Gasteiger partial charge in [0.05, 0.1) is 18.6 Å². The van der Waals surface area contributed by atoms with Crippen molar-refractivity contribution in [1.82, 2.24) is 0 Å². The molecular formula is C43H70O6. The average Bonchev–Trinajstić information content (AvgIpc) is 2.97. The third kappa shape index (κ3) is 16.6. The molecule has 0 aliphatic carbocycles. The zero-order chi connectivity index (χ0) is 37.6. The Morgan fingerprint density at radius 2 is 1.33 bits per heavy atom. The molecule has 0 aromatic heterocycles. The van der Waals surface area contributed by atoms with Crippen LogP contribution in [0.2, 0.25) is 0 Å². The molecule has 2 aromatic carbocycles. The van der Waals surface area contributed by atoms with Gasteiger partial charge in [-0.05, 0) is 83.9 Å². The molecule has 0 bridgehead atoms. The number of rotatable bonds is 15. The van der Waals surface area contributed by atoms with Crippen molar-refractivity contribution in [1.29, 1.82) is 0 Å². The third-order valence-corrected chi connectivity index (χ3v) is 8.78. The van der Waals surface area contributed by atoms with Crippen molar-refractivity contribution < 1.29 is 28.5 Å². The monoisotopic (exact) mass is 683 g/mol. The minimum atomic E-state index is -0.628. The van der Waals surface area contributed by atoms with Gasteiger partial charge in [-0.1, -0.05) is 132 Å². The summed E-state index contributed by atoms with van der Waals surface area (Å²) >= 11 is 0. The van der Waals surface area contributed by atoms with Crippen LogP contribution >= 0.6 is 0 Å². The summed E-state index contributed by atoms with van der Waals surface area (Å²) in [6.07, 6.45) is 1.85. The molecule has 49 heavy (non-hydrogen) atoms. The molecule has 0 amide bonds. The summed E-state index contributed by atoms with van der Waals surface area (Å²) in [6, 6.07) is 18.0. The summed E-state index contributed by atoms with van der Waals surface area (Å²) < 4.78 is 22.4. The first-order valence-electron chi connectivity index (χ1n) is 18.2. The van der Waals surface area contributed by atoms with E-state index >= 15 is 0 Å². The maximum atomic E-state index is 12.5. The molecule has 3 atom stereocenters. The number of carbonyl (C=O) groups is 2. The summed E-state index contributed by atoms with van der Waals surface area (Å²) in [4.78, 5) is 24.6. The summed E-state index contributed by atoms with van der Waals surface area (Å²) in [5.41, 5.74) is 2.14. The van der Waals surface area contributed by atoms with E-state index in [-0.39, 0.29) is 28.8 Å². The molecule has 6 nitrogen and oxygen atoms in total. The third-order valence-electron chi connectivity index (χ3n) is 8.78. The second kappa shape index (κ2) is 19.5. The Hall–Kier alpha value is -2.86. The Kier molecular flexibility index (Phi) is 17.6. The van der Waals surface area contributed by atoms with Gasteiger partial charge >= 0.3 is 11.9 Å². The smallest absolute Gasteiger partial charge is 0.346 e. The highest BCUT2D eigenvalue weighted by molar-refractivity contribution is 5.77. The number of ether oxygens (including phenoxy) is 4. The molecule has 6 heteroatoms. The fourth-order valence-corrected chi connectivity index (χ4v) is 5.82. The lowest BCUT2D eigenvalue weighted by Gasteiger charge is -2.43. The number of benzene rings is 2. The molecule has 0 radical (unpaired) electrons. The molecule has 0 spiro atoms. The van der Waals surface area contributed by atoms with E-state index in [1.54, 1.807) is 0 Å². The van der Waals surface area contributed by atoms with Crippen molar-refractivity contribution in [2.75, 3.05) is 19.8 Å². The van der Waals surface area contributed by atoms with E-state index in [9.17, 15) is 9.59 Å². The predicted molar refractivity (Wildman–Crippen MR) is 203 cm³/mol.